The van der Waals surface area contributed by atoms with Gasteiger partial charge in [-0.1, -0.05) is 36.9 Å². The quantitative estimate of drug-likeness (QED) is 0.146. The number of benzene rings is 2. The Balaban J connectivity index is 1.44. The molecule has 5 rings (SSSR count). The first-order valence-electron chi connectivity index (χ1n) is 13.7. The van der Waals surface area contributed by atoms with Gasteiger partial charge in [0, 0.05) is 26.7 Å². The first kappa shape index (κ1) is 31.4. The Labute approximate surface area is 271 Å². The van der Waals surface area contributed by atoms with E-state index < -0.39 is 11.7 Å². The number of carbonyl (C=O) groups is 2. The summed E-state index contributed by atoms with van der Waals surface area (Å²) < 4.78 is 6.16. The van der Waals surface area contributed by atoms with Crippen molar-refractivity contribution in [1.29, 1.82) is 0 Å². The minimum atomic E-state index is -0.592. The zero-order valence-corrected chi connectivity index (χ0v) is 27.9. The Hall–Kier alpha value is -4.07. The van der Waals surface area contributed by atoms with E-state index in [4.69, 9.17) is 9.72 Å². The number of nitrogens with one attached hydrogen (secondary N) is 3. The number of carbonyl (C=O) groups excluding carboxylic acids is 2. The van der Waals surface area contributed by atoms with Gasteiger partial charge in [0.1, 0.15) is 17.7 Å². The summed E-state index contributed by atoms with van der Waals surface area (Å²) >= 11 is 6.20. The van der Waals surface area contributed by atoms with Crippen molar-refractivity contribution in [2.75, 3.05) is 16.0 Å². The Morgan fingerprint density at radius 2 is 1.75 bits per heavy atom. The van der Waals surface area contributed by atoms with E-state index in [1.807, 2.05) is 63.2 Å². The molecule has 44 heavy (non-hydrogen) atoms. The van der Waals surface area contributed by atoms with Crippen LogP contribution in [0.4, 0.5) is 27.1 Å². The number of amides is 2. The molecule has 2 aromatic carbocycles. The minimum Gasteiger partial charge on any atom is -0.444 e. The Morgan fingerprint density at radius 1 is 0.977 bits per heavy atom. The van der Waals surface area contributed by atoms with E-state index in [0.717, 1.165) is 24.7 Å². The van der Waals surface area contributed by atoms with E-state index >= 15 is 0 Å². The lowest BCUT2D eigenvalue weighted by molar-refractivity contribution is 0.0635. The van der Waals surface area contributed by atoms with Crippen LogP contribution in [0.15, 0.2) is 80.7 Å². The largest absolute Gasteiger partial charge is 0.444 e. The highest BCUT2D eigenvalue weighted by molar-refractivity contribution is 9.11. The molecule has 2 amide bonds. The first-order chi connectivity index (χ1) is 20.9. The van der Waals surface area contributed by atoms with Crippen LogP contribution >= 0.6 is 39.0 Å². The predicted octanol–water partition coefficient (Wildman–Crippen LogP) is 8.86. The monoisotopic (exact) mass is 691 g/mol. The van der Waals surface area contributed by atoms with Gasteiger partial charge in [-0.3, -0.25) is 15.4 Å². The van der Waals surface area contributed by atoms with Crippen molar-refractivity contribution >= 4 is 84.4 Å². The van der Waals surface area contributed by atoms with Gasteiger partial charge < -0.3 is 10.1 Å². The number of anilines is 4. The summed E-state index contributed by atoms with van der Waals surface area (Å²) in [4.78, 5) is 44.9. The van der Waals surface area contributed by atoms with E-state index in [2.05, 4.69) is 60.7 Å². The molecule has 3 aromatic heterocycles. The molecule has 0 atom stereocenters. The number of thiazole rings is 1. The fourth-order valence-corrected chi connectivity index (χ4v) is 5.98. The highest BCUT2D eigenvalue weighted by Crippen LogP contribution is 2.37. The normalized spacial score (nSPS) is 11.4. The van der Waals surface area contributed by atoms with Gasteiger partial charge in [-0.05, 0) is 97.2 Å². The lowest BCUT2D eigenvalue weighted by Gasteiger charge is -2.19. The standard InChI is InChI=1S/C31H30BrN7O3S2/c1-17(2)22-12-11-21-26(37-22)34-16-35-27(21)38-23-14-18(28(40)39-29-33-15-25(32)44-29)6-13-24(23)43-20-9-7-19(8-10-20)36-30(41)42-31(3,4)5/h6-17H,1-5H3,(H,36,41)(H,33,39,40)(H,34,35,37,38). The third-order valence-electron chi connectivity index (χ3n) is 6.03. The topological polar surface area (TPSA) is 131 Å². The van der Waals surface area contributed by atoms with Crippen LogP contribution in [-0.4, -0.2) is 37.5 Å². The lowest BCUT2D eigenvalue weighted by Crippen LogP contribution is -2.27. The molecule has 10 nitrogen and oxygen atoms in total. The molecule has 0 saturated carbocycles. The first-order valence-corrected chi connectivity index (χ1v) is 16.1. The molecule has 3 heterocycles. The summed E-state index contributed by atoms with van der Waals surface area (Å²) in [5.74, 6) is 0.533. The number of aromatic nitrogens is 4. The van der Waals surface area contributed by atoms with Gasteiger partial charge in [-0.15, -0.1) is 0 Å². The van der Waals surface area contributed by atoms with Crippen LogP contribution < -0.4 is 16.0 Å². The van der Waals surface area contributed by atoms with Gasteiger partial charge in [0.25, 0.3) is 5.91 Å². The number of pyridine rings is 1. The Bertz CT molecular complexity index is 1820. The Morgan fingerprint density at radius 3 is 2.43 bits per heavy atom. The molecule has 5 aromatic rings. The average molecular weight is 693 g/mol. The maximum Gasteiger partial charge on any atom is 0.412 e. The van der Waals surface area contributed by atoms with Crippen molar-refractivity contribution in [3.8, 4) is 0 Å². The van der Waals surface area contributed by atoms with Crippen LogP contribution in [0.25, 0.3) is 11.0 Å². The van der Waals surface area contributed by atoms with Crippen LogP contribution in [0.2, 0.25) is 0 Å². The molecule has 0 unspecified atom stereocenters. The molecular weight excluding hydrogens is 662 g/mol. The van der Waals surface area contributed by atoms with Crippen LogP contribution in [0.5, 0.6) is 0 Å². The zero-order valence-electron chi connectivity index (χ0n) is 24.6. The maximum absolute atomic E-state index is 13.1. The molecular formula is C31H30BrN7O3S2. The van der Waals surface area contributed by atoms with Gasteiger partial charge in [-0.2, -0.15) is 0 Å². The van der Waals surface area contributed by atoms with Gasteiger partial charge in [0.15, 0.2) is 10.8 Å². The Kier molecular flexibility index (Phi) is 9.47. The third-order valence-corrected chi connectivity index (χ3v) is 8.51. The number of halogens is 1. The van der Waals surface area contributed by atoms with Gasteiger partial charge >= 0.3 is 6.09 Å². The third kappa shape index (κ3) is 8.10. The smallest absolute Gasteiger partial charge is 0.412 e. The molecule has 0 radical (unpaired) electrons. The van der Waals surface area contributed by atoms with Gasteiger partial charge in [-0.25, -0.2) is 24.7 Å². The second kappa shape index (κ2) is 13.3. The molecule has 0 fully saturated rings. The summed E-state index contributed by atoms with van der Waals surface area (Å²) in [6.07, 6.45) is 2.60. The highest BCUT2D eigenvalue weighted by Gasteiger charge is 2.17. The number of nitrogens with zero attached hydrogens (tertiary/aromatic N) is 4. The number of fused-ring (bicyclic) bond motifs is 1. The van der Waals surface area contributed by atoms with Crippen molar-refractivity contribution in [2.24, 2.45) is 0 Å². The summed E-state index contributed by atoms with van der Waals surface area (Å²) in [7, 11) is 0. The minimum absolute atomic E-state index is 0.258. The fourth-order valence-electron chi connectivity index (χ4n) is 4.00. The van der Waals surface area contributed by atoms with E-state index in [0.29, 0.717) is 33.5 Å². The van der Waals surface area contributed by atoms with Crippen LogP contribution in [0.1, 0.15) is 56.6 Å². The van der Waals surface area contributed by atoms with E-state index in [-0.39, 0.29) is 11.8 Å². The molecule has 0 spiro atoms. The molecule has 226 valence electrons. The molecule has 3 N–H and O–H groups in total. The van der Waals surface area contributed by atoms with E-state index in [1.54, 1.807) is 18.3 Å². The van der Waals surface area contributed by atoms with Crippen molar-refractivity contribution in [1.82, 2.24) is 19.9 Å². The summed E-state index contributed by atoms with van der Waals surface area (Å²) in [6.45, 7) is 9.61. The number of hydrogen-bond acceptors (Lipinski definition) is 10. The second-order valence-electron chi connectivity index (χ2n) is 11.0. The van der Waals surface area contributed by atoms with Crippen LogP contribution in [0, 0.1) is 0 Å². The molecule has 13 heteroatoms. The molecule has 0 bridgehead atoms. The number of hydrogen-bond donors (Lipinski definition) is 3. The van der Waals surface area contributed by atoms with Crippen molar-refractivity contribution in [3.63, 3.8) is 0 Å². The molecule has 0 aliphatic carbocycles. The SMILES string of the molecule is CC(C)c1ccc2c(Nc3cc(C(=O)Nc4ncc(Br)s4)ccc3Sc3ccc(NC(=O)OC(C)(C)C)cc3)ncnc2n1. The fraction of sp³-hybridized carbons (Fsp3) is 0.226. The van der Waals surface area contributed by atoms with Gasteiger partial charge in [0.05, 0.1) is 21.1 Å². The van der Waals surface area contributed by atoms with Gasteiger partial charge in [0.2, 0.25) is 0 Å². The van der Waals surface area contributed by atoms with Crippen molar-refractivity contribution < 1.29 is 14.3 Å². The number of rotatable bonds is 8. The second-order valence-corrected chi connectivity index (χ2v) is 14.5. The van der Waals surface area contributed by atoms with E-state index in [1.165, 1.54) is 29.4 Å². The van der Waals surface area contributed by atoms with Crippen LogP contribution in [-0.2, 0) is 4.74 Å². The molecule has 0 aliphatic heterocycles. The summed E-state index contributed by atoms with van der Waals surface area (Å²) in [5, 5.41) is 10.3. The van der Waals surface area contributed by atoms with Crippen LogP contribution in [0.3, 0.4) is 0 Å². The average Bonchev–Trinajstić information content (AvgIpc) is 3.37. The molecule has 0 saturated heterocycles. The maximum atomic E-state index is 13.1. The summed E-state index contributed by atoms with van der Waals surface area (Å²) in [5.41, 5.74) is 2.66. The van der Waals surface area contributed by atoms with E-state index in [9.17, 15) is 9.59 Å². The van der Waals surface area contributed by atoms with Crippen molar-refractivity contribution in [2.45, 2.75) is 55.9 Å². The summed E-state index contributed by atoms with van der Waals surface area (Å²) in [6, 6.07) is 16.8. The zero-order chi connectivity index (χ0) is 31.4. The highest BCUT2D eigenvalue weighted by atomic mass is 79.9. The lowest BCUT2D eigenvalue weighted by atomic mass is 10.1. The predicted molar refractivity (Wildman–Crippen MR) is 179 cm³/mol. The molecule has 0 aliphatic rings. The van der Waals surface area contributed by atoms with Crippen molar-refractivity contribution in [3.05, 3.63) is 82.2 Å². The number of ether oxygens (including phenoxy) is 1.